The molecule has 112 valence electrons. The van der Waals surface area contributed by atoms with Crippen molar-refractivity contribution in [3.63, 3.8) is 0 Å². The van der Waals surface area contributed by atoms with Crippen molar-refractivity contribution < 1.29 is 4.74 Å². The van der Waals surface area contributed by atoms with Crippen LogP contribution in [0.1, 0.15) is 31.2 Å². The molecule has 0 radical (unpaired) electrons. The minimum absolute atomic E-state index is 0.260. The van der Waals surface area contributed by atoms with E-state index in [-0.39, 0.29) is 5.92 Å². The van der Waals surface area contributed by atoms with Gasteiger partial charge in [0.05, 0.1) is 7.11 Å². The largest absolute Gasteiger partial charge is 0.497 e. The van der Waals surface area contributed by atoms with Crippen LogP contribution in [0.4, 0.5) is 11.6 Å². The van der Waals surface area contributed by atoms with Gasteiger partial charge in [0.1, 0.15) is 23.2 Å². The van der Waals surface area contributed by atoms with E-state index in [0.717, 1.165) is 30.4 Å². The van der Waals surface area contributed by atoms with Gasteiger partial charge in [-0.1, -0.05) is 26.0 Å². The summed E-state index contributed by atoms with van der Waals surface area (Å²) in [6.45, 7) is 4.89. The smallest absolute Gasteiger partial charge is 0.135 e. The van der Waals surface area contributed by atoms with Gasteiger partial charge in [-0.25, -0.2) is 9.97 Å². The van der Waals surface area contributed by atoms with Crippen LogP contribution in [0.15, 0.2) is 30.3 Å². The average molecular weight is 286 g/mol. The summed E-state index contributed by atoms with van der Waals surface area (Å²) in [5.74, 6) is 3.18. The first-order chi connectivity index (χ1) is 10.1. The molecule has 0 aliphatic carbocycles. The standard InChI is InChI=1S/C16H22N4O/c1-11(2)16-19-14(17)10-15(20-16)18-9-8-12-4-6-13(21-3)7-5-12/h4-7,10-11H,8-9H2,1-3H3,(H3,17,18,19,20). The third-order valence-electron chi connectivity index (χ3n) is 3.16. The van der Waals surface area contributed by atoms with E-state index in [1.807, 2.05) is 12.1 Å². The highest BCUT2D eigenvalue weighted by atomic mass is 16.5. The molecule has 21 heavy (non-hydrogen) atoms. The highest BCUT2D eigenvalue weighted by molar-refractivity contribution is 5.45. The van der Waals surface area contributed by atoms with E-state index in [9.17, 15) is 0 Å². The number of ether oxygens (including phenoxy) is 1. The minimum Gasteiger partial charge on any atom is -0.497 e. The normalized spacial score (nSPS) is 10.7. The Bertz CT molecular complexity index is 581. The Balaban J connectivity index is 1.93. The molecule has 3 N–H and O–H groups in total. The molecule has 0 amide bonds. The minimum atomic E-state index is 0.260. The lowest BCUT2D eigenvalue weighted by Crippen LogP contribution is -2.10. The predicted octanol–water partition coefficient (Wildman–Crippen LogP) is 2.85. The second-order valence-corrected chi connectivity index (χ2v) is 5.22. The summed E-state index contributed by atoms with van der Waals surface area (Å²) in [5, 5.41) is 3.30. The van der Waals surface area contributed by atoms with E-state index < -0.39 is 0 Å². The molecule has 0 atom stereocenters. The molecular formula is C16H22N4O. The van der Waals surface area contributed by atoms with Gasteiger partial charge in [-0.05, 0) is 24.1 Å². The fourth-order valence-corrected chi connectivity index (χ4v) is 1.96. The van der Waals surface area contributed by atoms with Crippen molar-refractivity contribution >= 4 is 11.6 Å². The Morgan fingerprint density at radius 3 is 2.52 bits per heavy atom. The molecule has 2 aromatic rings. The van der Waals surface area contributed by atoms with Crippen LogP contribution in [-0.4, -0.2) is 23.6 Å². The van der Waals surface area contributed by atoms with Gasteiger partial charge in [0.15, 0.2) is 0 Å². The fraction of sp³-hybridized carbons (Fsp3) is 0.375. The molecule has 2 rings (SSSR count). The van der Waals surface area contributed by atoms with Crippen LogP contribution >= 0.6 is 0 Å². The van der Waals surface area contributed by atoms with E-state index in [1.54, 1.807) is 13.2 Å². The Labute approximate surface area is 125 Å². The van der Waals surface area contributed by atoms with Crippen LogP contribution in [0.25, 0.3) is 0 Å². The van der Waals surface area contributed by atoms with Crippen molar-refractivity contribution in [2.45, 2.75) is 26.2 Å². The molecule has 1 aromatic heterocycles. The zero-order valence-electron chi connectivity index (χ0n) is 12.8. The van der Waals surface area contributed by atoms with Gasteiger partial charge < -0.3 is 15.8 Å². The zero-order valence-corrected chi connectivity index (χ0v) is 12.8. The topological polar surface area (TPSA) is 73.1 Å². The van der Waals surface area contributed by atoms with Crippen molar-refractivity contribution in [2.24, 2.45) is 0 Å². The molecular weight excluding hydrogens is 264 g/mol. The highest BCUT2D eigenvalue weighted by Crippen LogP contribution is 2.15. The number of nitrogens with one attached hydrogen (secondary N) is 1. The van der Waals surface area contributed by atoms with Crippen molar-refractivity contribution in [3.8, 4) is 5.75 Å². The number of rotatable bonds is 6. The summed E-state index contributed by atoms with van der Waals surface area (Å²) in [4.78, 5) is 8.70. The monoisotopic (exact) mass is 286 g/mol. The number of nitrogens with zero attached hydrogens (tertiary/aromatic N) is 2. The molecule has 0 spiro atoms. The van der Waals surface area contributed by atoms with Crippen LogP contribution in [-0.2, 0) is 6.42 Å². The molecule has 1 aromatic carbocycles. The van der Waals surface area contributed by atoms with Gasteiger partial charge in [-0.3, -0.25) is 0 Å². The lowest BCUT2D eigenvalue weighted by atomic mass is 10.1. The summed E-state index contributed by atoms with van der Waals surface area (Å²) >= 11 is 0. The number of nitrogens with two attached hydrogens (primary N) is 1. The lowest BCUT2D eigenvalue weighted by Gasteiger charge is -2.10. The molecule has 0 unspecified atom stereocenters. The quantitative estimate of drug-likeness (QED) is 0.854. The zero-order chi connectivity index (χ0) is 15.2. The number of benzene rings is 1. The summed E-state index contributed by atoms with van der Waals surface area (Å²) in [6, 6.07) is 9.83. The van der Waals surface area contributed by atoms with Crippen LogP contribution in [0.5, 0.6) is 5.75 Å². The van der Waals surface area contributed by atoms with Gasteiger partial charge in [-0.2, -0.15) is 0 Å². The summed E-state index contributed by atoms with van der Waals surface area (Å²) < 4.78 is 5.15. The number of anilines is 2. The molecule has 0 saturated heterocycles. The summed E-state index contributed by atoms with van der Waals surface area (Å²) in [6.07, 6.45) is 0.908. The Hall–Kier alpha value is -2.30. The fourth-order valence-electron chi connectivity index (χ4n) is 1.96. The molecule has 0 saturated carbocycles. The SMILES string of the molecule is COc1ccc(CCNc2cc(N)nc(C(C)C)n2)cc1. The van der Waals surface area contributed by atoms with Crippen LogP contribution < -0.4 is 15.8 Å². The Morgan fingerprint density at radius 2 is 1.90 bits per heavy atom. The van der Waals surface area contributed by atoms with E-state index in [4.69, 9.17) is 10.5 Å². The summed E-state index contributed by atoms with van der Waals surface area (Å²) in [7, 11) is 1.67. The molecule has 0 aliphatic heterocycles. The van der Waals surface area contributed by atoms with Crippen LogP contribution in [0.3, 0.4) is 0 Å². The average Bonchev–Trinajstić information content (AvgIpc) is 2.47. The molecule has 5 heteroatoms. The van der Waals surface area contributed by atoms with Gasteiger partial charge >= 0.3 is 0 Å². The molecule has 1 heterocycles. The van der Waals surface area contributed by atoms with Crippen molar-refractivity contribution in [1.82, 2.24) is 9.97 Å². The van der Waals surface area contributed by atoms with Gasteiger partial charge in [0, 0.05) is 18.5 Å². The van der Waals surface area contributed by atoms with Crippen molar-refractivity contribution in [1.29, 1.82) is 0 Å². The molecule has 0 bridgehead atoms. The number of methoxy groups -OCH3 is 1. The number of hydrogen-bond acceptors (Lipinski definition) is 5. The van der Waals surface area contributed by atoms with E-state index in [1.165, 1.54) is 5.56 Å². The number of hydrogen-bond donors (Lipinski definition) is 2. The maximum Gasteiger partial charge on any atom is 0.135 e. The van der Waals surface area contributed by atoms with Gasteiger partial charge in [-0.15, -0.1) is 0 Å². The second-order valence-electron chi connectivity index (χ2n) is 5.22. The predicted molar refractivity (Wildman–Crippen MR) is 85.7 cm³/mol. The van der Waals surface area contributed by atoms with E-state index in [0.29, 0.717) is 5.82 Å². The Kier molecular flexibility index (Phi) is 4.98. The van der Waals surface area contributed by atoms with Gasteiger partial charge in [0.2, 0.25) is 0 Å². The van der Waals surface area contributed by atoms with Crippen molar-refractivity contribution in [2.75, 3.05) is 24.7 Å². The Morgan fingerprint density at radius 1 is 1.19 bits per heavy atom. The molecule has 5 nitrogen and oxygen atoms in total. The first-order valence-electron chi connectivity index (χ1n) is 7.09. The maximum atomic E-state index is 5.81. The third kappa shape index (κ3) is 4.34. The van der Waals surface area contributed by atoms with Gasteiger partial charge in [0.25, 0.3) is 0 Å². The molecule has 0 aliphatic rings. The maximum absolute atomic E-state index is 5.81. The highest BCUT2D eigenvalue weighted by Gasteiger charge is 2.06. The lowest BCUT2D eigenvalue weighted by molar-refractivity contribution is 0.414. The number of aromatic nitrogens is 2. The van der Waals surface area contributed by atoms with Crippen molar-refractivity contribution in [3.05, 3.63) is 41.7 Å². The first kappa shape index (κ1) is 15.1. The van der Waals surface area contributed by atoms with E-state index >= 15 is 0 Å². The first-order valence-corrected chi connectivity index (χ1v) is 7.09. The number of nitrogen functional groups attached to an aromatic ring is 1. The second kappa shape index (κ2) is 6.92. The molecule has 0 fully saturated rings. The third-order valence-corrected chi connectivity index (χ3v) is 3.16. The van der Waals surface area contributed by atoms with Crippen LogP contribution in [0.2, 0.25) is 0 Å². The van der Waals surface area contributed by atoms with Crippen LogP contribution in [0, 0.1) is 0 Å². The summed E-state index contributed by atoms with van der Waals surface area (Å²) in [5.41, 5.74) is 7.05. The van der Waals surface area contributed by atoms with E-state index in [2.05, 4.69) is 41.3 Å².